The third-order valence-corrected chi connectivity index (χ3v) is 5.08. The number of nitrogens with one attached hydrogen (secondary N) is 2. The lowest BCUT2D eigenvalue weighted by Crippen LogP contribution is -2.26. The molecule has 0 bridgehead atoms. The minimum atomic E-state index is -0.335. The number of hydrogen-bond donors (Lipinski definition) is 2. The van der Waals surface area contributed by atoms with Crippen LogP contribution < -0.4 is 10.1 Å². The minimum absolute atomic E-state index is 0.315. The number of H-pyrrole nitrogens is 1. The van der Waals surface area contributed by atoms with E-state index in [1.54, 1.807) is 12.1 Å². The number of para-hydroxylation sites is 1. The maximum absolute atomic E-state index is 12.5. The molecule has 0 radical (unpaired) electrons. The molecule has 5 heteroatoms. The second-order valence-corrected chi connectivity index (χ2v) is 7.33. The normalized spacial score (nSPS) is 11.7. The number of benzene rings is 3. The zero-order chi connectivity index (χ0) is 21.3. The van der Waals surface area contributed by atoms with Crippen LogP contribution in [0.15, 0.2) is 91.1 Å². The minimum Gasteiger partial charge on any atom is -0.490 e. The van der Waals surface area contributed by atoms with E-state index >= 15 is 0 Å². The molecule has 0 saturated carbocycles. The smallest absolute Gasteiger partial charge is 0.338 e. The summed E-state index contributed by atoms with van der Waals surface area (Å²) in [6, 6.07) is 26.9. The van der Waals surface area contributed by atoms with E-state index in [4.69, 9.17) is 9.47 Å². The molecule has 0 saturated heterocycles. The van der Waals surface area contributed by atoms with Gasteiger partial charge in [0.05, 0.1) is 5.56 Å². The molecule has 0 amide bonds. The number of ether oxygens (including phenoxy) is 2. The lowest BCUT2D eigenvalue weighted by Gasteiger charge is -2.19. The molecule has 3 aromatic carbocycles. The van der Waals surface area contributed by atoms with Crippen LogP contribution in [-0.2, 0) is 4.74 Å². The molecule has 0 spiro atoms. The summed E-state index contributed by atoms with van der Waals surface area (Å²) in [4.78, 5) is 15.8. The Balaban J connectivity index is 1.34. The van der Waals surface area contributed by atoms with Gasteiger partial charge in [-0.3, -0.25) is 0 Å². The first-order valence-electron chi connectivity index (χ1n) is 10.5. The molecule has 4 aromatic rings. The number of aromatic amines is 1. The summed E-state index contributed by atoms with van der Waals surface area (Å²) in [5, 5.41) is 4.66. The first kappa shape index (κ1) is 20.5. The van der Waals surface area contributed by atoms with Crippen LogP contribution in [0.3, 0.4) is 0 Å². The van der Waals surface area contributed by atoms with Crippen molar-refractivity contribution in [2.75, 3.05) is 18.5 Å². The fourth-order valence-corrected chi connectivity index (χ4v) is 3.47. The Bertz CT molecular complexity index is 1090. The Kier molecular flexibility index (Phi) is 6.85. The third kappa shape index (κ3) is 5.66. The molecular weight excluding hydrogens is 388 g/mol. The van der Waals surface area contributed by atoms with Gasteiger partial charge in [0.1, 0.15) is 18.5 Å². The largest absolute Gasteiger partial charge is 0.490 e. The number of carbonyl (C=O) groups excluding carboxylic acids is 1. The molecule has 0 aliphatic heterocycles. The first-order chi connectivity index (χ1) is 15.3. The van der Waals surface area contributed by atoms with Crippen LogP contribution in [0.5, 0.6) is 5.75 Å². The summed E-state index contributed by atoms with van der Waals surface area (Å²) in [5.41, 5.74) is 2.75. The molecule has 0 fully saturated rings. The average Bonchev–Trinajstić information content (AvgIpc) is 3.31. The van der Waals surface area contributed by atoms with Gasteiger partial charge in [-0.2, -0.15) is 0 Å². The summed E-state index contributed by atoms with van der Waals surface area (Å²) in [6.45, 7) is 1.09. The standard InChI is InChI=1S/C26H26N2O3/c29-26(20-9-3-1-4-10-20)31-22(19-30-21-11-5-2-6-12-21)13-8-17-27-24-14-7-15-25-23(24)16-18-28-25/h1-7,9-12,14-16,18,22,27-28H,8,13,17,19H2. The molecule has 5 nitrogen and oxygen atoms in total. The van der Waals surface area contributed by atoms with Crippen LogP contribution in [0.25, 0.3) is 10.9 Å². The van der Waals surface area contributed by atoms with E-state index in [-0.39, 0.29) is 12.1 Å². The van der Waals surface area contributed by atoms with Crippen molar-refractivity contribution in [3.8, 4) is 5.75 Å². The highest BCUT2D eigenvalue weighted by molar-refractivity contribution is 5.91. The quantitative estimate of drug-likeness (QED) is 0.259. The number of aromatic nitrogens is 1. The Morgan fingerprint density at radius 2 is 1.68 bits per heavy atom. The van der Waals surface area contributed by atoms with E-state index in [1.807, 2.05) is 60.8 Å². The molecule has 4 rings (SSSR count). The van der Waals surface area contributed by atoms with Gasteiger partial charge in [-0.25, -0.2) is 4.79 Å². The van der Waals surface area contributed by atoms with Crippen LogP contribution >= 0.6 is 0 Å². The molecule has 1 aromatic heterocycles. The number of anilines is 1. The highest BCUT2D eigenvalue weighted by Crippen LogP contribution is 2.22. The number of rotatable bonds is 10. The van der Waals surface area contributed by atoms with E-state index in [0.29, 0.717) is 18.6 Å². The van der Waals surface area contributed by atoms with Gasteiger partial charge in [-0.15, -0.1) is 0 Å². The van der Waals surface area contributed by atoms with E-state index in [1.165, 1.54) is 5.39 Å². The summed E-state index contributed by atoms with van der Waals surface area (Å²) in [6.07, 6.45) is 3.14. The van der Waals surface area contributed by atoms with Crippen LogP contribution in [-0.4, -0.2) is 30.2 Å². The van der Waals surface area contributed by atoms with Gasteiger partial charge in [-0.05, 0) is 55.3 Å². The zero-order valence-electron chi connectivity index (χ0n) is 17.3. The molecule has 0 aliphatic rings. The molecule has 1 heterocycles. The average molecular weight is 415 g/mol. The van der Waals surface area contributed by atoms with Crippen molar-refractivity contribution in [2.24, 2.45) is 0 Å². The summed E-state index contributed by atoms with van der Waals surface area (Å²) in [7, 11) is 0. The van der Waals surface area contributed by atoms with Gasteiger partial charge in [-0.1, -0.05) is 42.5 Å². The molecule has 1 atom stereocenters. The summed E-state index contributed by atoms with van der Waals surface area (Å²) < 4.78 is 11.6. The topological polar surface area (TPSA) is 63.3 Å². The van der Waals surface area contributed by atoms with Gasteiger partial charge < -0.3 is 19.8 Å². The van der Waals surface area contributed by atoms with E-state index in [2.05, 4.69) is 28.5 Å². The third-order valence-electron chi connectivity index (χ3n) is 5.08. The lowest BCUT2D eigenvalue weighted by molar-refractivity contribution is 0.0148. The van der Waals surface area contributed by atoms with Crippen molar-refractivity contribution in [1.29, 1.82) is 0 Å². The summed E-state index contributed by atoms with van der Waals surface area (Å²) in [5.74, 6) is 0.438. The van der Waals surface area contributed by atoms with E-state index < -0.39 is 0 Å². The second-order valence-electron chi connectivity index (χ2n) is 7.33. The maximum atomic E-state index is 12.5. The van der Waals surface area contributed by atoms with Crippen molar-refractivity contribution >= 4 is 22.6 Å². The Hall–Kier alpha value is -3.73. The molecule has 158 valence electrons. The van der Waals surface area contributed by atoms with Crippen LogP contribution in [0.2, 0.25) is 0 Å². The zero-order valence-corrected chi connectivity index (χ0v) is 17.3. The molecular formula is C26H26N2O3. The fraction of sp³-hybridized carbons (Fsp3) is 0.192. The SMILES string of the molecule is O=C(OC(CCCNc1cccc2[nH]ccc12)COc1ccccc1)c1ccccc1. The van der Waals surface area contributed by atoms with Crippen LogP contribution in [0.1, 0.15) is 23.2 Å². The Morgan fingerprint density at radius 1 is 0.903 bits per heavy atom. The van der Waals surface area contributed by atoms with Crippen molar-refractivity contribution < 1.29 is 14.3 Å². The number of fused-ring (bicyclic) bond motifs is 1. The van der Waals surface area contributed by atoms with Crippen molar-refractivity contribution in [1.82, 2.24) is 4.98 Å². The van der Waals surface area contributed by atoms with Gasteiger partial charge in [0.25, 0.3) is 0 Å². The maximum Gasteiger partial charge on any atom is 0.338 e. The highest BCUT2D eigenvalue weighted by Gasteiger charge is 2.17. The highest BCUT2D eigenvalue weighted by atomic mass is 16.6. The van der Waals surface area contributed by atoms with Gasteiger partial charge in [0.15, 0.2) is 0 Å². The van der Waals surface area contributed by atoms with Gasteiger partial charge >= 0.3 is 5.97 Å². The van der Waals surface area contributed by atoms with Gasteiger partial charge in [0, 0.05) is 29.3 Å². The van der Waals surface area contributed by atoms with E-state index in [9.17, 15) is 4.79 Å². The van der Waals surface area contributed by atoms with Crippen molar-refractivity contribution in [3.63, 3.8) is 0 Å². The molecule has 1 unspecified atom stereocenters. The predicted octanol–water partition coefficient (Wildman–Crippen LogP) is 5.66. The molecule has 2 N–H and O–H groups in total. The fourth-order valence-electron chi connectivity index (χ4n) is 3.47. The van der Waals surface area contributed by atoms with Gasteiger partial charge in [0.2, 0.25) is 0 Å². The van der Waals surface area contributed by atoms with Crippen LogP contribution in [0.4, 0.5) is 5.69 Å². The van der Waals surface area contributed by atoms with E-state index in [0.717, 1.165) is 29.9 Å². The van der Waals surface area contributed by atoms with Crippen LogP contribution in [0, 0.1) is 0 Å². The summed E-state index contributed by atoms with van der Waals surface area (Å²) >= 11 is 0. The second kappa shape index (κ2) is 10.3. The van der Waals surface area contributed by atoms with Crippen molar-refractivity contribution in [2.45, 2.75) is 18.9 Å². The first-order valence-corrected chi connectivity index (χ1v) is 10.5. The number of carbonyl (C=O) groups is 1. The molecule has 0 aliphatic carbocycles. The number of esters is 1. The lowest BCUT2D eigenvalue weighted by atomic mass is 10.1. The molecule has 31 heavy (non-hydrogen) atoms. The Morgan fingerprint density at radius 3 is 2.48 bits per heavy atom. The predicted molar refractivity (Wildman–Crippen MR) is 124 cm³/mol. The van der Waals surface area contributed by atoms with Crippen molar-refractivity contribution in [3.05, 3.63) is 96.7 Å². The monoisotopic (exact) mass is 414 g/mol. The number of hydrogen-bond acceptors (Lipinski definition) is 4. The Labute approximate surface area is 182 Å².